The van der Waals surface area contributed by atoms with E-state index in [0.29, 0.717) is 11.3 Å². The Morgan fingerprint density at radius 2 is 1.86 bits per heavy atom. The largest absolute Gasteiger partial charge is 0.486 e. The summed E-state index contributed by atoms with van der Waals surface area (Å²) in [7, 11) is 0. The van der Waals surface area contributed by atoms with E-state index in [1.54, 1.807) is 6.07 Å². The molecule has 0 aliphatic carbocycles. The fraction of sp³-hybridized carbons (Fsp3) is 0.565. The molecule has 0 spiro atoms. The van der Waals surface area contributed by atoms with Crippen LogP contribution >= 0.6 is 0 Å². The number of carbonyl (C=O) groups is 1. The summed E-state index contributed by atoms with van der Waals surface area (Å²) >= 11 is 0. The lowest BCUT2D eigenvalue weighted by Crippen LogP contribution is -2.45. The zero-order chi connectivity index (χ0) is 20.7. The highest BCUT2D eigenvalue weighted by Gasteiger charge is 2.42. The van der Waals surface area contributed by atoms with Crippen LogP contribution in [0.15, 0.2) is 24.3 Å². The van der Waals surface area contributed by atoms with Crippen LogP contribution in [0.5, 0.6) is 5.75 Å². The van der Waals surface area contributed by atoms with Gasteiger partial charge in [0, 0.05) is 11.6 Å². The van der Waals surface area contributed by atoms with Crippen molar-refractivity contribution in [3.63, 3.8) is 0 Å². The van der Waals surface area contributed by atoms with Crippen molar-refractivity contribution in [3.05, 3.63) is 35.4 Å². The summed E-state index contributed by atoms with van der Waals surface area (Å²) in [4.78, 5) is 14.6. The normalized spacial score (nSPS) is 21.8. The first-order chi connectivity index (χ1) is 13.0. The highest BCUT2D eigenvalue weighted by molar-refractivity contribution is 5.78. The third-order valence-electron chi connectivity index (χ3n) is 4.89. The highest BCUT2D eigenvalue weighted by atomic mass is 16.6. The summed E-state index contributed by atoms with van der Waals surface area (Å²) in [6.45, 7) is 11.6. The predicted octanol–water partition coefficient (Wildman–Crippen LogP) is 5.29. The molecule has 3 rings (SSSR count). The summed E-state index contributed by atoms with van der Waals surface area (Å²) < 4.78 is 11.8. The molecule has 5 heteroatoms. The highest BCUT2D eigenvalue weighted by Crippen LogP contribution is 2.43. The fourth-order valence-corrected chi connectivity index (χ4v) is 3.92. The Bertz CT molecular complexity index is 837. The lowest BCUT2D eigenvalue weighted by atomic mass is 9.92. The Balaban J connectivity index is 1.94. The summed E-state index contributed by atoms with van der Waals surface area (Å²) in [5, 5.41) is 9.56. The second-order valence-electron chi connectivity index (χ2n) is 9.59. The maximum Gasteiger partial charge on any atom is 0.411 e. The van der Waals surface area contributed by atoms with Crippen LogP contribution in [0.3, 0.4) is 0 Å². The average Bonchev–Trinajstić information content (AvgIpc) is 2.82. The van der Waals surface area contributed by atoms with Crippen LogP contribution in [0, 0.1) is 11.3 Å². The van der Waals surface area contributed by atoms with E-state index in [4.69, 9.17) is 9.47 Å². The zero-order valence-corrected chi connectivity index (χ0v) is 17.7. The standard InChI is InChI=1S/C23H30N2O3/c1-22(2,3)27-20-15(14-24)8-7-9-19(20)16-12-17-10-11-18(13-16)25(17)21(26)28-23(4,5)6/h7-9,12,17-18H,10-11,13H2,1-6H3/t17-,18+/m1/s1. The molecule has 1 amide bonds. The number of rotatable bonds is 2. The van der Waals surface area contributed by atoms with Crippen molar-refractivity contribution >= 4 is 11.7 Å². The summed E-state index contributed by atoms with van der Waals surface area (Å²) in [5.74, 6) is 0.633. The number of amides is 1. The third kappa shape index (κ3) is 4.32. The lowest BCUT2D eigenvalue weighted by molar-refractivity contribution is 0.0175. The predicted molar refractivity (Wildman–Crippen MR) is 109 cm³/mol. The van der Waals surface area contributed by atoms with Crippen molar-refractivity contribution in [2.75, 3.05) is 0 Å². The first-order valence-electron chi connectivity index (χ1n) is 9.93. The van der Waals surface area contributed by atoms with Gasteiger partial charge in [0.2, 0.25) is 0 Å². The Hall–Kier alpha value is -2.48. The summed E-state index contributed by atoms with van der Waals surface area (Å²) in [6, 6.07) is 8.09. The fourth-order valence-electron chi connectivity index (χ4n) is 3.92. The van der Waals surface area contributed by atoms with Gasteiger partial charge in [0.15, 0.2) is 0 Å². The Kier molecular flexibility index (Phi) is 5.18. The molecule has 5 nitrogen and oxygen atoms in total. The van der Waals surface area contributed by atoms with Crippen molar-refractivity contribution in [3.8, 4) is 11.8 Å². The number of ether oxygens (including phenoxy) is 2. The molecule has 1 aromatic rings. The third-order valence-corrected chi connectivity index (χ3v) is 4.89. The molecule has 2 aliphatic rings. The molecule has 1 saturated heterocycles. The van der Waals surface area contributed by atoms with E-state index >= 15 is 0 Å². The topological polar surface area (TPSA) is 62.6 Å². The summed E-state index contributed by atoms with van der Waals surface area (Å²) in [6.07, 6.45) is 4.54. The second kappa shape index (κ2) is 7.16. The van der Waals surface area contributed by atoms with Crippen LogP contribution in [0.4, 0.5) is 4.79 Å². The molecule has 2 atom stereocenters. The number of fused-ring (bicyclic) bond motifs is 2. The Labute approximate surface area is 167 Å². The van der Waals surface area contributed by atoms with Gasteiger partial charge in [-0.1, -0.05) is 18.2 Å². The number of hydrogen-bond acceptors (Lipinski definition) is 4. The van der Waals surface area contributed by atoms with Crippen LogP contribution in [-0.4, -0.2) is 34.3 Å². The second-order valence-corrected chi connectivity index (χ2v) is 9.59. The zero-order valence-electron chi connectivity index (χ0n) is 17.7. The van der Waals surface area contributed by atoms with Crippen molar-refractivity contribution in [1.29, 1.82) is 5.26 Å². The van der Waals surface area contributed by atoms with Crippen LogP contribution in [0.1, 0.15) is 71.9 Å². The molecular formula is C23H30N2O3. The maximum absolute atomic E-state index is 12.7. The van der Waals surface area contributed by atoms with Crippen molar-refractivity contribution < 1.29 is 14.3 Å². The van der Waals surface area contributed by atoms with E-state index in [0.717, 1.165) is 30.4 Å². The molecule has 0 radical (unpaired) electrons. The van der Waals surface area contributed by atoms with E-state index in [1.807, 2.05) is 58.6 Å². The van der Waals surface area contributed by atoms with Crippen molar-refractivity contribution in [2.24, 2.45) is 0 Å². The van der Waals surface area contributed by atoms with Gasteiger partial charge in [0.1, 0.15) is 23.0 Å². The minimum atomic E-state index is -0.505. The minimum absolute atomic E-state index is 0.0248. The molecule has 1 fully saturated rings. The van der Waals surface area contributed by atoms with E-state index < -0.39 is 11.2 Å². The van der Waals surface area contributed by atoms with Crippen LogP contribution < -0.4 is 4.74 Å². The van der Waals surface area contributed by atoms with Crippen molar-refractivity contribution in [1.82, 2.24) is 4.90 Å². The van der Waals surface area contributed by atoms with Crippen molar-refractivity contribution in [2.45, 2.75) is 84.1 Å². The molecule has 0 unspecified atom stereocenters. The molecule has 150 valence electrons. The Morgan fingerprint density at radius 3 is 2.43 bits per heavy atom. The van der Waals surface area contributed by atoms with E-state index in [-0.39, 0.29) is 18.2 Å². The SMILES string of the molecule is CC(C)(C)OC(=O)N1[C@H]2CC[C@@H]1C=C(c1cccc(C#N)c1OC(C)(C)C)C2. The minimum Gasteiger partial charge on any atom is -0.486 e. The first-order valence-corrected chi connectivity index (χ1v) is 9.93. The van der Waals surface area contributed by atoms with Gasteiger partial charge < -0.3 is 9.47 Å². The van der Waals surface area contributed by atoms with E-state index in [9.17, 15) is 10.1 Å². The molecule has 2 heterocycles. The van der Waals surface area contributed by atoms with Gasteiger partial charge in [0.05, 0.1) is 11.6 Å². The van der Waals surface area contributed by atoms with Gasteiger partial charge in [-0.3, -0.25) is 4.90 Å². The van der Waals surface area contributed by atoms with E-state index in [1.165, 1.54) is 0 Å². The lowest BCUT2D eigenvalue weighted by Gasteiger charge is -2.36. The molecule has 2 aliphatic heterocycles. The number of carbonyl (C=O) groups excluding carboxylic acids is 1. The van der Waals surface area contributed by atoms with Gasteiger partial charge in [-0.15, -0.1) is 0 Å². The summed E-state index contributed by atoms with van der Waals surface area (Å²) in [5.41, 5.74) is 1.72. The molecular weight excluding hydrogens is 352 g/mol. The quantitative estimate of drug-likeness (QED) is 0.697. The van der Waals surface area contributed by atoms with Crippen LogP contribution in [0.2, 0.25) is 0 Å². The Morgan fingerprint density at radius 1 is 1.14 bits per heavy atom. The smallest absolute Gasteiger partial charge is 0.411 e. The number of benzene rings is 1. The number of hydrogen-bond donors (Lipinski definition) is 0. The van der Waals surface area contributed by atoms with Gasteiger partial charge in [-0.2, -0.15) is 5.26 Å². The number of nitriles is 1. The van der Waals surface area contributed by atoms with E-state index in [2.05, 4.69) is 12.1 Å². The molecule has 0 N–H and O–H groups in total. The van der Waals surface area contributed by atoms with Gasteiger partial charge in [-0.25, -0.2) is 4.79 Å². The maximum atomic E-state index is 12.7. The number of nitrogens with zero attached hydrogens (tertiary/aromatic N) is 2. The molecule has 1 aromatic carbocycles. The van der Waals surface area contributed by atoms with Crippen LogP contribution in [-0.2, 0) is 4.74 Å². The molecule has 0 saturated carbocycles. The molecule has 0 aromatic heterocycles. The monoisotopic (exact) mass is 382 g/mol. The average molecular weight is 383 g/mol. The van der Waals surface area contributed by atoms with Gasteiger partial charge in [0.25, 0.3) is 0 Å². The van der Waals surface area contributed by atoms with Gasteiger partial charge in [-0.05, 0) is 72.4 Å². The first kappa shape index (κ1) is 20.3. The van der Waals surface area contributed by atoms with Gasteiger partial charge >= 0.3 is 6.09 Å². The molecule has 2 bridgehead atoms. The van der Waals surface area contributed by atoms with Crippen LogP contribution in [0.25, 0.3) is 5.57 Å². The number of para-hydroxylation sites is 1. The molecule has 28 heavy (non-hydrogen) atoms.